The molecule has 1 aromatic carbocycles. The van der Waals surface area contributed by atoms with Crippen LogP contribution in [0.2, 0.25) is 0 Å². The molecule has 3 N–H and O–H groups in total. The molecule has 1 rings (SSSR count). The Balaban J connectivity index is 3.41. The molecule has 0 bridgehead atoms. The predicted molar refractivity (Wildman–Crippen MR) is 59.4 cm³/mol. The van der Waals surface area contributed by atoms with Crippen LogP contribution in [-0.4, -0.2) is 18.8 Å². The van der Waals surface area contributed by atoms with Crippen molar-refractivity contribution in [2.45, 2.75) is 13.8 Å². The van der Waals surface area contributed by atoms with Crippen LogP contribution >= 0.6 is 0 Å². The Bertz CT molecular complexity index is 425. The van der Waals surface area contributed by atoms with E-state index in [1.54, 1.807) is 19.1 Å². The topological polar surface area (TPSA) is 76.2 Å². The van der Waals surface area contributed by atoms with Gasteiger partial charge in [-0.2, -0.15) is 0 Å². The molecule has 0 spiro atoms. The molecule has 80 valence electrons. The number of methoxy groups -OCH3 is 1. The fraction of sp³-hybridized carbons (Fsp3) is 0.273. The van der Waals surface area contributed by atoms with Crippen LogP contribution in [-0.2, 0) is 4.74 Å². The van der Waals surface area contributed by atoms with Gasteiger partial charge in [0.15, 0.2) is 0 Å². The fourth-order valence-electron chi connectivity index (χ4n) is 1.39. The second kappa shape index (κ2) is 4.13. The van der Waals surface area contributed by atoms with E-state index in [2.05, 4.69) is 4.74 Å². The molecule has 0 saturated carbocycles. The number of nitrogens with two attached hydrogens (primary N) is 1. The van der Waals surface area contributed by atoms with E-state index >= 15 is 0 Å². The number of nitrogens with one attached hydrogen (secondary N) is 1. The van der Waals surface area contributed by atoms with Crippen LogP contribution in [0, 0.1) is 12.3 Å². The van der Waals surface area contributed by atoms with E-state index in [4.69, 9.17) is 11.1 Å². The highest BCUT2D eigenvalue weighted by molar-refractivity contribution is 6.06. The van der Waals surface area contributed by atoms with Gasteiger partial charge in [-0.1, -0.05) is 0 Å². The number of rotatable bonds is 2. The summed E-state index contributed by atoms with van der Waals surface area (Å²) >= 11 is 0. The second-order valence-corrected chi connectivity index (χ2v) is 3.39. The Labute approximate surface area is 88.6 Å². The van der Waals surface area contributed by atoms with Crippen molar-refractivity contribution in [2.24, 2.45) is 0 Å². The Morgan fingerprint density at radius 3 is 2.40 bits per heavy atom. The van der Waals surface area contributed by atoms with Crippen molar-refractivity contribution in [3.05, 3.63) is 28.8 Å². The molecule has 0 aliphatic rings. The SMILES string of the molecule is COC(=O)c1cc(C)cc(C(C)=N)c1N. The standard InChI is InChI=1S/C11H14N2O2/c1-6-4-8(7(2)12)10(13)9(5-6)11(14)15-3/h4-5,12H,13H2,1-3H3. The summed E-state index contributed by atoms with van der Waals surface area (Å²) in [6.07, 6.45) is 0. The van der Waals surface area contributed by atoms with Gasteiger partial charge in [-0.05, 0) is 31.5 Å². The third-order valence-corrected chi connectivity index (χ3v) is 2.13. The first-order chi connectivity index (χ1) is 6.97. The molecular formula is C11H14N2O2. The van der Waals surface area contributed by atoms with Gasteiger partial charge >= 0.3 is 5.97 Å². The minimum absolute atomic E-state index is 0.306. The fourth-order valence-corrected chi connectivity index (χ4v) is 1.39. The van der Waals surface area contributed by atoms with Gasteiger partial charge in [0.2, 0.25) is 0 Å². The van der Waals surface area contributed by atoms with Crippen molar-refractivity contribution in [1.82, 2.24) is 0 Å². The molecule has 0 aliphatic heterocycles. The van der Waals surface area contributed by atoms with E-state index in [0.29, 0.717) is 22.5 Å². The first-order valence-electron chi connectivity index (χ1n) is 4.51. The minimum atomic E-state index is -0.473. The predicted octanol–water partition coefficient (Wildman–Crippen LogP) is 1.75. The maximum atomic E-state index is 11.4. The third kappa shape index (κ3) is 2.15. The second-order valence-electron chi connectivity index (χ2n) is 3.39. The third-order valence-electron chi connectivity index (χ3n) is 2.13. The van der Waals surface area contributed by atoms with E-state index in [9.17, 15) is 4.79 Å². The highest BCUT2D eigenvalue weighted by Crippen LogP contribution is 2.21. The quantitative estimate of drug-likeness (QED) is 0.439. The van der Waals surface area contributed by atoms with E-state index in [-0.39, 0.29) is 0 Å². The average Bonchev–Trinajstić information content (AvgIpc) is 2.19. The van der Waals surface area contributed by atoms with E-state index in [1.807, 2.05) is 6.92 Å². The van der Waals surface area contributed by atoms with Gasteiger partial charge in [-0.15, -0.1) is 0 Å². The monoisotopic (exact) mass is 206 g/mol. The molecule has 0 unspecified atom stereocenters. The van der Waals surface area contributed by atoms with Gasteiger partial charge in [-0.3, -0.25) is 0 Å². The molecule has 4 heteroatoms. The van der Waals surface area contributed by atoms with Crippen LogP contribution in [0.25, 0.3) is 0 Å². The molecule has 0 heterocycles. The Morgan fingerprint density at radius 1 is 1.40 bits per heavy atom. The lowest BCUT2D eigenvalue weighted by Crippen LogP contribution is -2.10. The number of nitrogen functional groups attached to an aromatic ring is 1. The maximum Gasteiger partial charge on any atom is 0.339 e. The Kier molecular flexibility index (Phi) is 3.09. The van der Waals surface area contributed by atoms with Crippen LogP contribution < -0.4 is 5.73 Å². The van der Waals surface area contributed by atoms with Crippen LogP contribution in [0.1, 0.15) is 28.4 Å². The summed E-state index contributed by atoms with van der Waals surface area (Å²) < 4.78 is 4.62. The van der Waals surface area contributed by atoms with Crippen LogP contribution in [0.3, 0.4) is 0 Å². The summed E-state index contributed by atoms with van der Waals surface area (Å²) in [5.41, 5.74) is 8.21. The highest BCUT2D eigenvalue weighted by Gasteiger charge is 2.14. The first kappa shape index (κ1) is 11.2. The zero-order chi connectivity index (χ0) is 11.6. The molecule has 4 nitrogen and oxygen atoms in total. The van der Waals surface area contributed by atoms with Crippen molar-refractivity contribution >= 4 is 17.4 Å². The summed E-state index contributed by atoms with van der Waals surface area (Å²) in [5, 5.41) is 7.54. The van der Waals surface area contributed by atoms with Gasteiger partial charge in [0, 0.05) is 11.3 Å². The highest BCUT2D eigenvalue weighted by atomic mass is 16.5. The maximum absolute atomic E-state index is 11.4. The molecule has 0 amide bonds. The van der Waals surface area contributed by atoms with Gasteiger partial charge in [-0.25, -0.2) is 4.79 Å². The van der Waals surface area contributed by atoms with E-state index in [1.165, 1.54) is 7.11 Å². The van der Waals surface area contributed by atoms with Gasteiger partial charge in [0.1, 0.15) is 0 Å². The van der Waals surface area contributed by atoms with Crippen LogP contribution in [0.15, 0.2) is 12.1 Å². The lowest BCUT2D eigenvalue weighted by Gasteiger charge is -2.10. The van der Waals surface area contributed by atoms with E-state index in [0.717, 1.165) is 5.56 Å². The number of carbonyl (C=O) groups is 1. The molecule has 1 aromatic rings. The molecule has 15 heavy (non-hydrogen) atoms. The number of esters is 1. The molecule has 0 saturated heterocycles. The Hall–Kier alpha value is -1.84. The summed E-state index contributed by atoms with van der Waals surface area (Å²) in [7, 11) is 1.31. The largest absolute Gasteiger partial charge is 0.465 e. The number of hydrogen-bond donors (Lipinski definition) is 2. The molecule has 0 atom stereocenters. The van der Waals surface area contributed by atoms with Crippen molar-refractivity contribution in [3.8, 4) is 0 Å². The molecule has 0 aliphatic carbocycles. The number of ether oxygens (including phenoxy) is 1. The lowest BCUT2D eigenvalue weighted by molar-refractivity contribution is 0.0602. The number of carbonyl (C=O) groups excluding carboxylic acids is 1. The zero-order valence-corrected chi connectivity index (χ0v) is 9.05. The van der Waals surface area contributed by atoms with Crippen LogP contribution in [0.4, 0.5) is 5.69 Å². The van der Waals surface area contributed by atoms with Gasteiger partial charge in [0.25, 0.3) is 0 Å². The van der Waals surface area contributed by atoms with Gasteiger partial charge in [0.05, 0.1) is 18.4 Å². The zero-order valence-electron chi connectivity index (χ0n) is 9.05. The molecule has 0 radical (unpaired) electrons. The number of anilines is 1. The van der Waals surface area contributed by atoms with Crippen molar-refractivity contribution in [2.75, 3.05) is 12.8 Å². The van der Waals surface area contributed by atoms with Gasteiger partial charge < -0.3 is 15.9 Å². The normalized spacial score (nSPS) is 9.80. The summed E-state index contributed by atoms with van der Waals surface area (Å²) in [4.78, 5) is 11.4. The Morgan fingerprint density at radius 2 is 1.93 bits per heavy atom. The molecule has 0 aromatic heterocycles. The number of aryl methyl sites for hydroxylation is 1. The smallest absolute Gasteiger partial charge is 0.339 e. The van der Waals surface area contributed by atoms with Crippen molar-refractivity contribution in [1.29, 1.82) is 5.41 Å². The van der Waals surface area contributed by atoms with Crippen molar-refractivity contribution in [3.63, 3.8) is 0 Å². The average molecular weight is 206 g/mol. The van der Waals surface area contributed by atoms with E-state index < -0.39 is 5.97 Å². The number of benzene rings is 1. The molecular weight excluding hydrogens is 192 g/mol. The van der Waals surface area contributed by atoms with Crippen molar-refractivity contribution < 1.29 is 9.53 Å². The summed E-state index contributed by atoms with van der Waals surface area (Å²) in [5.74, 6) is -0.473. The number of hydrogen-bond acceptors (Lipinski definition) is 4. The first-order valence-corrected chi connectivity index (χ1v) is 4.51. The summed E-state index contributed by atoms with van der Waals surface area (Å²) in [6, 6.07) is 3.44. The minimum Gasteiger partial charge on any atom is -0.465 e. The molecule has 0 fully saturated rings. The van der Waals surface area contributed by atoms with Crippen LogP contribution in [0.5, 0.6) is 0 Å². The lowest BCUT2D eigenvalue weighted by atomic mass is 10.0. The summed E-state index contributed by atoms with van der Waals surface area (Å²) in [6.45, 7) is 3.48.